The molecule has 23 heavy (non-hydrogen) atoms. The molecule has 0 amide bonds. The summed E-state index contributed by atoms with van der Waals surface area (Å²) in [7, 11) is 0. The highest BCUT2D eigenvalue weighted by molar-refractivity contribution is 5.91. The molecule has 3 nitrogen and oxygen atoms in total. The molecule has 0 atom stereocenters. The van der Waals surface area contributed by atoms with Crippen LogP contribution in [0.25, 0.3) is 22.1 Å². The molecule has 1 saturated heterocycles. The van der Waals surface area contributed by atoms with Crippen molar-refractivity contribution in [3.8, 4) is 11.1 Å². The van der Waals surface area contributed by atoms with Crippen molar-refractivity contribution in [3.63, 3.8) is 0 Å². The molecule has 2 aromatic carbocycles. The molecule has 0 bridgehead atoms. The third-order valence-corrected chi connectivity index (χ3v) is 4.48. The van der Waals surface area contributed by atoms with Gasteiger partial charge in [-0.2, -0.15) is 0 Å². The maximum Gasteiger partial charge on any atom is 0.192 e. The van der Waals surface area contributed by atoms with E-state index < -0.39 is 0 Å². The third kappa shape index (κ3) is 2.68. The lowest BCUT2D eigenvalue weighted by molar-refractivity contribution is 0.0808. The number of para-hydroxylation sites is 1. The van der Waals surface area contributed by atoms with Crippen LogP contribution >= 0.6 is 0 Å². The van der Waals surface area contributed by atoms with Gasteiger partial charge in [0.1, 0.15) is 11.3 Å². The summed E-state index contributed by atoms with van der Waals surface area (Å²) in [4.78, 5) is 12.5. The maximum absolute atomic E-state index is 12.5. The van der Waals surface area contributed by atoms with Crippen LogP contribution in [0.4, 0.5) is 0 Å². The predicted molar refractivity (Wildman–Crippen MR) is 90.7 cm³/mol. The van der Waals surface area contributed by atoms with Crippen molar-refractivity contribution in [2.75, 3.05) is 13.2 Å². The first-order chi connectivity index (χ1) is 11.3. The average molecular weight is 306 g/mol. The molecular weight excluding hydrogens is 288 g/mol. The van der Waals surface area contributed by atoms with Gasteiger partial charge in [0.15, 0.2) is 5.43 Å². The Kier molecular flexibility index (Phi) is 3.72. The molecule has 4 rings (SSSR count). The van der Waals surface area contributed by atoms with Crippen LogP contribution in [0.15, 0.2) is 63.8 Å². The van der Waals surface area contributed by atoms with Crippen molar-refractivity contribution in [1.29, 1.82) is 0 Å². The van der Waals surface area contributed by atoms with E-state index >= 15 is 0 Å². The lowest BCUT2D eigenvalue weighted by Crippen LogP contribution is -2.15. The molecule has 1 fully saturated rings. The molecule has 0 unspecified atom stereocenters. The Balaban J connectivity index is 1.91. The SMILES string of the molecule is O=c1cc(C2CCOCC2)oc2c(-c3ccccc3)cccc12. The Labute approximate surface area is 134 Å². The minimum Gasteiger partial charge on any atom is -0.460 e. The van der Waals surface area contributed by atoms with Crippen LogP contribution in [-0.2, 0) is 4.74 Å². The van der Waals surface area contributed by atoms with Gasteiger partial charge in [0.2, 0.25) is 0 Å². The van der Waals surface area contributed by atoms with Gasteiger partial charge in [0.25, 0.3) is 0 Å². The molecule has 0 radical (unpaired) electrons. The molecule has 1 aliphatic rings. The standard InChI is InChI=1S/C20H18O3/c21-18-13-19(15-9-11-22-12-10-15)23-20-16(7-4-8-17(18)20)14-5-2-1-3-6-14/h1-8,13,15H,9-12H2. The van der Waals surface area contributed by atoms with Crippen LogP contribution in [0.3, 0.4) is 0 Å². The highest BCUT2D eigenvalue weighted by Crippen LogP contribution is 2.32. The first-order valence-corrected chi connectivity index (χ1v) is 8.03. The van der Waals surface area contributed by atoms with E-state index in [-0.39, 0.29) is 11.3 Å². The van der Waals surface area contributed by atoms with Crippen molar-refractivity contribution in [2.24, 2.45) is 0 Å². The average Bonchev–Trinajstić information content (AvgIpc) is 2.63. The number of rotatable bonds is 2. The fraction of sp³-hybridized carbons (Fsp3) is 0.250. The molecule has 3 aromatic rings. The van der Waals surface area contributed by atoms with Crippen molar-refractivity contribution in [2.45, 2.75) is 18.8 Å². The molecule has 3 heteroatoms. The van der Waals surface area contributed by atoms with Crippen LogP contribution in [0, 0.1) is 0 Å². The largest absolute Gasteiger partial charge is 0.460 e. The Morgan fingerprint density at radius 2 is 1.70 bits per heavy atom. The van der Waals surface area contributed by atoms with Crippen LogP contribution in [0.2, 0.25) is 0 Å². The molecule has 1 aliphatic heterocycles. The number of hydrogen-bond donors (Lipinski definition) is 0. The second-order valence-corrected chi connectivity index (χ2v) is 5.95. The summed E-state index contributed by atoms with van der Waals surface area (Å²) < 4.78 is 11.6. The van der Waals surface area contributed by atoms with E-state index in [0.29, 0.717) is 11.0 Å². The summed E-state index contributed by atoms with van der Waals surface area (Å²) in [5.74, 6) is 1.05. The predicted octanol–water partition coefficient (Wildman–Crippen LogP) is 4.35. The first kappa shape index (κ1) is 14.2. The van der Waals surface area contributed by atoms with Crippen molar-refractivity contribution in [1.82, 2.24) is 0 Å². The fourth-order valence-electron chi connectivity index (χ4n) is 3.22. The van der Waals surface area contributed by atoms with Gasteiger partial charge >= 0.3 is 0 Å². The zero-order valence-electron chi connectivity index (χ0n) is 12.8. The van der Waals surface area contributed by atoms with Crippen LogP contribution in [0.5, 0.6) is 0 Å². The Bertz CT molecular complexity index is 874. The summed E-state index contributed by atoms with van der Waals surface area (Å²) in [5.41, 5.74) is 2.75. The van der Waals surface area contributed by atoms with E-state index in [1.54, 1.807) is 6.07 Å². The normalized spacial score (nSPS) is 15.8. The molecular formula is C20H18O3. The maximum atomic E-state index is 12.5. The lowest BCUT2D eigenvalue weighted by atomic mass is 9.96. The number of benzene rings is 2. The Morgan fingerprint density at radius 3 is 2.48 bits per heavy atom. The minimum absolute atomic E-state index is 0.0329. The number of ether oxygens (including phenoxy) is 1. The summed E-state index contributed by atoms with van der Waals surface area (Å²) in [6.45, 7) is 1.46. The first-order valence-electron chi connectivity index (χ1n) is 8.03. The summed E-state index contributed by atoms with van der Waals surface area (Å²) >= 11 is 0. The highest BCUT2D eigenvalue weighted by atomic mass is 16.5. The summed E-state index contributed by atoms with van der Waals surface area (Å²) in [6.07, 6.45) is 1.81. The van der Waals surface area contributed by atoms with Crippen LogP contribution < -0.4 is 5.43 Å². The van der Waals surface area contributed by atoms with Crippen LogP contribution in [-0.4, -0.2) is 13.2 Å². The van der Waals surface area contributed by atoms with Gasteiger partial charge in [-0.3, -0.25) is 4.79 Å². The molecule has 0 saturated carbocycles. The van der Waals surface area contributed by atoms with Gasteiger partial charge in [-0.05, 0) is 24.5 Å². The zero-order chi connectivity index (χ0) is 15.6. The zero-order valence-corrected chi connectivity index (χ0v) is 12.8. The molecule has 0 aliphatic carbocycles. The smallest absolute Gasteiger partial charge is 0.192 e. The van der Waals surface area contributed by atoms with Gasteiger partial charge in [0.05, 0.1) is 5.39 Å². The van der Waals surface area contributed by atoms with Gasteiger partial charge in [-0.15, -0.1) is 0 Å². The molecule has 1 aromatic heterocycles. The van der Waals surface area contributed by atoms with E-state index in [0.717, 1.165) is 42.9 Å². The molecule has 0 spiro atoms. The fourth-order valence-corrected chi connectivity index (χ4v) is 3.22. The van der Waals surface area contributed by atoms with E-state index in [1.165, 1.54) is 0 Å². The topological polar surface area (TPSA) is 39.4 Å². The summed E-state index contributed by atoms with van der Waals surface area (Å²) in [5, 5.41) is 0.641. The van der Waals surface area contributed by atoms with Crippen molar-refractivity contribution < 1.29 is 9.15 Å². The van der Waals surface area contributed by atoms with Crippen LogP contribution in [0.1, 0.15) is 24.5 Å². The second-order valence-electron chi connectivity index (χ2n) is 5.95. The van der Waals surface area contributed by atoms with Gasteiger partial charge in [0, 0.05) is 30.8 Å². The highest BCUT2D eigenvalue weighted by Gasteiger charge is 2.20. The van der Waals surface area contributed by atoms with E-state index in [2.05, 4.69) is 0 Å². The minimum atomic E-state index is 0.0329. The van der Waals surface area contributed by atoms with Gasteiger partial charge in [-0.25, -0.2) is 0 Å². The Morgan fingerprint density at radius 1 is 0.913 bits per heavy atom. The summed E-state index contributed by atoms with van der Waals surface area (Å²) in [6, 6.07) is 17.5. The lowest BCUT2D eigenvalue weighted by Gasteiger charge is -2.21. The van der Waals surface area contributed by atoms with E-state index in [9.17, 15) is 4.79 Å². The van der Waals surface area contributed by atoms with Gasteiger partial charge < -0.3 is 9.15 Å². The molecule has 2 heterocycles. The van der Waals surface area contributed by atoms with E-state index in [1.807, 2.05) is 48.5 Å². The third-order valence-electron chi connectivity index (χ3n) is 4.48. The second kappa shape index (κ2) is 6.01. The monoisotopic (exact) mass is 306 g/mol. The van der Waals surface area contributed by atoms with E-state index in [4.69, 9.17) is 9.15 Å². The molecule has 116 valence electrons. The van der Waals surface area contributed by atoms with Crippen molar-refractivity contribution >= 4 is 11.0 Å². The number of hydrogen-bond acceptors (Lipinski definition) is 3. The number of fused-ring (bicyclic) bond motifs is 1. The Hall–Kier alpha value is -2.39. The quantitative estimate of drug-likeness (QED) is 0.706. The van der Waals surface area contributed by atoms with Gasteiger partial charge in [-0.1, -0.05) is 42.5 Å². The molecule has 0 N–H and O–H groups in total. The van der Waals surface area contributed by atoms with Crippen molar-refractivity contribution in [3.05, 3.63) is 70.6 Å².